The Morgan fingerprint density at radius 2 is 1.92 bits per heavy atom. The first kappa shape index (κ1) is 17.5. The zero-order valence-corrected chi connectivity index (χ0v) is 15.2. The average Bonchev–Trinajstić information content (AvgIpc) is 2.99. The summed E-state index contributed by atoms with van der Waals surface area (Å²) in [5.41, 5.74) is 3.40. The molecule has 0 spiro atoms. The minimum atomic E-state index is -3.30. The Balaban J connectivity index is 1.71. The van der Waals surface area contributed by atoms with Crippen LogP contribution in [0.3, 0.4) is 0 Å². The van der Waals surface area contributed by atoms with Crippen LogP contribution in [0.5, 0.6) is 0 Å². The number of benzene rings is 2. The van der Waals surface area contributed by atoms with E-state index in [9.17, 15) is 13.2 Å². The van der Waals surface area contributed by atoms with E-state index in [-0.39, 0.29) is 11.8 Å². The van der Waals surface area contributed by atoms with E-state index in [1.807, 2.05) is 49.4 Å². The van der Waals surface area contributed by atoms with E-state index in [4.69, 9.17) is 0 Å². The molecule has 1 amide bonds. The molecule has 1 aliphatic heterocycles. The van der Waals surface area contributed by atoms with Gasteiger partial charge in [-0.15, -0.1) is 0 Å². The monoisotopic (exact) mass is 358 g/mol. The highest BCUT2D eigenvalue weighted by molar-refractivity contribution is 7.92. The highest BCUT2D eigenvalue weighted by Crippen LogP contribution is 2.32. The Kier molecular flexibility index (Phi) is 4.81. The zero-order chi connectivity index (χ0) is 18.0. The second-order valence-electron chi connectivity index (χ2n) is 6.49. The maximum absolute atomic E-state index is 12.3. The van der Waals surface area contributed by atoms with Gasteiger partial charge in [-0.2, -0.15) is 0 Å². The van der Waals surface area contributed by atoms with Crippen LogP contribution < -0.4 is 9.62 Å². The van der Waals surface area contributed by atoms with Crippen molar-refractivity contribution in [3.05, 3.63) is 59.7 Å². The lowest BCUT2D eigenvalue weighted by Gasteiger charge is -2.17. The Morgan fingerprint density at radius 3 is 2.60 bits per heavy atom. The first-order valence-electron chi connectivity index (χ1n) is 8.30. The van der Waals surface area contributed by atoms with Crippen molar-refractivity contribution < 1.29 is 13.2 Å². The van der Waals surface area contributed by atoms with E-state index >= 15 is 0 Å². The van der Waals surface area contributed by atoms with Gasteiger partial charge in [0.25, 0.3) is 0 Å². The maximum Gasteiger partial charge on any atom is 0.232 e. The number of carbonyl (C=O) groups excluding carboxylic acids is 1. The molecule has 1 heterocycles. The first-order valence-corrected chi connectivity index (χ1v) is 10.1. The Labute approximate surface area is 148 Å². The van der Waals surface area contributed by atoms with Crippen molar-refractivity contribution in [2.75, 3.05) is 22.4 Å². The van der Waals surface area contributed by atoms with Gasteiger partial charge in [-0.3, -0.25) is 9.10 Å². The lowest BCUT2D eigenvalue weighted by Crippen LogP contribution is -2.27. The summed E-state index contributed by atoms with van der Waals surface area (Å²) < 4.78 is 25.1. The minimum absolute atomic E-state index is 0.0831. The summed E-state index contributed by atoms with van der Waals surface area (Å²) in [5.74, 6) is 0.0309. The van der Waals surface area contributed by atoms with Crippen molar-refractivity contribution in [2.45, 2.75) is 25.7 Å². The van der Waals surface area contributed by atoms with Gasteiger partial charge in [-0.1, -0.05) is 43.3 Å². The van der Waals surface area contributed by atoms with Gasteiger partial charge in [0.05, 0.1) is 11.9 Å². The molecule has 1 N–H and O–H groups in total. The number of nitrogens with zero attached hydrogens (tertiary/aromatic N) is 1. The number of nitrogens with one attached hydrogen (secondary N) is 1. The molecule has 5 nitrogen and oxygen atoms in total. The molecule has 6 heteroatoms. The topological polar surface area (TPSA) is 66.5 Å². The molecule has 1 aliphatic rings. The lowest BCUT2D eigenvalue weighted by molar-refractivity contribution is -0.116. The van der Waals surface area contributed by atoms with E-state index in [0.29, 0.717) is 30.8 Å². The van der Waals surface area contributed by atoms with Crippen molar-refractivity contribution in [1.82, 2.24) is 0 Å². The fourth-order valence-corrected chi connectivity index (χ4v) is 4.11. The van der Waals surface area contributed by atoms with Crippen LogP contribution in [0.1, 0.15) is 30.4 Å². The highest BCUT2D eigenvalue weighted by Gasteiger charge is 2.26. The molecule has 0 saturated heterocycles. The number of hydrogen-bond acceptors (Lipinski definition) is 3. The second kappa shape index (κ2) is 6.88. The van der Waals surface area contributed by atoms with Gasteiger partial charge in [-0.05, 0) is 35.6 Å². The van der Waals surface area contributed by atoms with Crippen LogP contribution in [0.4, 0.5) is 11.4 Å². The van der Waals surface area contributed by atoms with Gasteiger partial charge >= 0.3 is 0 Å². The number of carbonyl (C=O) groups is 1. The fourth-order valence-electron chi connectivity index (χ4n) is 3.16. The third-order valence-electron chi connectivity index (χ3n) is 4.48. The molecule has 0 saturated carbocycles. The SMILES string of the molecule is CC(CC(=O)Nc1ccc2c(c1)N(S(C)(=O)=O)CC2)c1ccccc1. The Morgan fingerprint density at radius 1 is 1.20 bits per heavy atom. The average molecular weight is 358 g/mol. The number of sulfonamides is 1. The molecule has 1 unspecified atom stereocenters. The predicted molar refractivity (Wildman–Crippen MR) is 100 cm³/mol. The summed E-state index contributed by atoms with van der Waals surface area (Å²) in [5, 5.41) is 2.88. The van der Waals surface area contributed by atoms with E-state index in [1.165, 1.54) is 10.6 Å². The molecule has 25 heavy (non-hydrogen) atoms. The molecule has 2 aromatic rings. The zero-order valence-electron chi connectivity index (χ0n) is 14.4. The summed E-state index contributed by atoms with van der Waals surface area (Å²) in [6, 6.07) is 15.4. The Bertz CT molecular complexity index is 879. The largest absolute Gasteiger partial charge is 0.326 e. The summed E-state index contributed by atoms with van der Waals surface area (Å²) in [6.45, 7) is 2.47. The lowest BCUT2D eigenvalue weighted by atomic mass is 9.97. The van der Waals surface area contributed by atoms with Gasteiger partial charge < -0.3 is 5.32 Å². The summed E-state index contributed by atoms with van der Waals surface area (Å²) >= 11 is 0. The molecular formula is C19H22N2O3S. The van der Waals surface area contributed by atoms with Crippen LogP contribution in [0, 0.1) is 0 Å². The highest BCUT2D eigenvalue weighted by atomic mass is 32.2. The molecule has 0 fully saturated rings. The van der Waals surface area contributed by atoms with Crippen molar-refractivity contribution in [3.8, 4) is 0 Å². The standard InChI is InChI=1S/C19H22N2O3S/c1-14(15-6-4-3-5-7-15)12-19(22)20-17-9-8-16-10-11-21(18(16)13-17)25(2,23)24/h3-9,13-14H,10-12H2,1-2H3,(H,20,22). The molecule has 0 aliphatic carbocycles. The number of hydrogen-bond donors (Lipinski definition) is 1. The molecule has 0 aromatic heterocycles. The normalized spacial score (nSPS) is 14.9. The molecule has 0 bridgehead atoms. The first-order chi connectivity index (χ1) is 11.8. The van der Waals surface area contributed by atoms with Crippen molar-refractivity contribution in [2.24, 2.45) is 0 Å². The van der Waals surface area contributed by atoms with Gasteiger partial charge in [0, 0.05) is 18.7 Å². The quantitative estimate of drug-likeness (QED) is 0.893. The fraction of sp³-hybridized carbons (Fsp3) is 0.316. The predicted octanol–water partition coefficient (Wildman–Crippen LogP) is 3.14. The molecule has 3 rings (SSSR count). The summed E-state index contributed by atoms with van der Waals surface area (Å²) in [7, 11) is -3.30. The van der Waals surface area contributed by atoms with Crippen LogP contribution in [-0.2, 0) is 21.2 Å². The van der Waals surface area contributed by atoms with Gasteiger partial charge in [0.1, 0.15) is 0 Å². The third-order valence-corrected chi connectivity index (χ3v) is 5.66. The van der Waals surface area contributed by atoms with Gasteiger partial charge in [0.15, 0.2) is 0 Å². The van der Waals surface area contributed by atoms with Crippen molar-refractivity contribution in [1.29, 1.82) is 0 Å². The molecule has 2 aromatic carbocycles. The van der Waals surface area contributed by atoms with Crippen LogP contribution in [0.15, 0.2) is 48.5 Å². The smallest absolute Gasteiger partial charge is 0.232 e. The molecule has 0 radical (unpaired) electrons. The van der Waals surface area contributed by atoms with E-state index in [1.54, 1.807) is 6.07 Å². The van der Waals surface area contributed by atoms with E-state index in [2.05, 4.69) is 5.32 Å². The minimum Gasteiger partial charge on any atom is -0.326 e. The van der Waals surface area contributed by atoms with Crippen LogP contribution >= 0.6 is 0 Å². The van der Waals surface area contributed by atoms with Crippen molar-refractivity contribution in [3.63, 3.8) is 0 Å². The number of amides is 1. The molecule has 132 valence electrons. The van der Waals surface area contributed by atoms with Crippen LogP contribution in [-0.4, -0.2) is 27.1 Å². The van der Waals surface area contributed by atoms with Gasteiger partial charge in [-0.25, -0.2) is 8.42 Å². The van der Waals surface area contributed by atoms with Crippen LogP contribution in [0.2, 0.25) is 0 Å². The molecular weight excluding hydrogens is 336 g/mol. The number of fused-ring (bicyclic) bond motifs is 1. The number of anilines is 2. The van der Waals surface area contributed by atoms with E-state index < -0.39 is 10.0 Å². The van der Waals surface area contributed by atoms with E-state index in [0.717, 1.165) is 11.1 Å². The third kappa shape index (κ3) is 4.02. The number of rotatable bonds is 5. The molecule has 1 atom stereocenters. The van der Waals surface area contributed by atoms with Crippen molar-refractivity contribution >= 4 is 27.3 Å². The Hall–Kier alpha value is -2.34. The van der Waals surface area contributed by atoms with Crippen LogP contribution in [0.25, 0.3) is 0 Å². The summed E-state index contributed by atoms with van der Waals surface area (Å²) in [4.78, 5) is 12.3. The maximum atomic E-state index is 12.3. The van der Waals surface area contributed by atoms with Gasteiger partial charge in [0.2, 0.25) is 15.9 Å². The second-order valence-corrected chi connectivity index (χ2v) is 8.40. The summed E-state index contributed by atoms with van der Waals surface area (Å²) in [6.07, 6.45) is 2.27.